The molecule has 0 aromatic heterocycles. The van der Waals surface area contributed by atoms with Gasteiger partial charge in [-0.05, 0) is 61.3 Å². The standard InChI is InChI=1S/C21H27ClN2O/c1-2-24-11-5-9-20(24)15-23-14-17-6-4-10-21(13-17)25-16-18-7-3-8-19(22)12-18/h3-4,6-8,10,12-13,20,23H,2,5,9,11,14-16H2,1H3/t20-/m0/s1. The third kappa shape index (κ3) is 5.46. The molecule has 0 unspecified atom stereocenters. The Morgan fingerprint density at radius 1 is 1.16 bits per heavy atom. The van der Waals surface area contributed by atoms with Gasteiger partial charge in [0.15, 0.2) is 0 Å². The van der Waals surface area contributed by atoms with Crippen LogP contribution >= 0.6 is 11.6 Å². The third-order valence-corrected chi connectivity index (χ3v) is 5.04. The fourth-order valence-corrected chi connectivity index (χ4v) is 3.68. The van der Waals surface area contributed by atoms with Crippen LogP contribution in [0.2, 0.25) is 5.02 Å². The van der Waals surface area contributed by atoms with Gasteiger partial charge in [-0.2, -0.15) is 0 Å². The van der Waals surface area contributed by atoms with Gasteiger partial charge in [-0.25, -0.2) is 0 Å². The van der Waals surface area contributed by atoms with E-state index in [2.05, 4.69) is 35.3 Å². The van der Waals surface area contributed by atoms with E-state index in [1.54, 1.807) is 0 Å². The summed E-state index contributed by atoms with van der Waals surface area (Å²) in [5.74, 6) is 0.898. The summed E-state index contributed by atoms with van der Waals surface area (Å²) in [5, 5.41) is 4.34. The lowest BCUT2D eigenvalue weighted by molar-refractivity contribution is 0.260. The van der Waals surface area contributed by atoms with Gasteiger partial charge < -0.3 is 10.1 Å². The number of benzene rings is 2. The summed E-state index contributed by atoms with van der Waals surface area (Å²) in [6.07, 6.45) is 2.64. The topological polar surface area (TPSA) is 24.5 Å². The first kappa shape index (κ1) is 18.2. The van der Waals surface area contributed by atoms with Gasteiger partial charge in [0.1, 0.15) is 12.4 Å². The molecule has 1 aliphatic heterocycles. The van der Waals surface area contributed by atoms with Gasteiger partial charge >= 0.3 is 0 Å². The van der Waals surface area contributed by atoms with E-state index in [0.29, 0.717) is 12.6 Å². The molecule has 1 N–H and O–H groups in total. The molecule has 3 rings (SSSR count). The molecule has 3 nitrogen and oxygen atoms in total. The lowest BCUT2D eigenvalue weighted by atomic mass is 10.2. The molecule has 1 fully saturated rings. The van der Waals surface area contributed by atoms with Crippen molar-refractivity contribution in [3.05, 3.63) is 64.7 Å². The van der Waals surface area contributed by atoms with Crippen LogP contribution in [0.3, 0.4) is 0 Å². The molecule has 1 heterocycles. The van der Waals surface area contributed by atoms with E-state index >= 15 is 0 Å². The minimum absolute atomic E-state index is 0.533. The number of halogens is 1. The Kier molecular flexibility index (Phi) is 6.74. The average molecular weight is 359 g/mol. The molecule has 134 valence electrons. The Balaban J connectivity index is 1.48. The van der Waals surface area contributed by atoms with Crippen molar-refractivity contribution in [2.24, 2.45) is 0 Å². The summed E-state index contributed by atoms with van der Waals surface area (Å²) < 4.78 is 5.91. The van der Waals surface area contributed by atoms with Crippen molar-refractivity contribution in [3.8, 4) is 5.75 Å². The SMILES string of the molecule is CCN1CCC[C@H]1CNCc1cccc(OCc2cccc(Cl)c2)c1. The van der Waals surface area contributed by atoms with E-state index in [4.69, 9.17) is 16.3 Å². The van der Waals surface area contributed by atoms with Crippen LogP contribution in [0.15, 0.2) is 48.5 Å². The second-order valence-corrected chi connectivity index (χ2v) is 7.06. The van der Waals surface area contributed by atoms with E-state index in [0.717, 1.165) is 36.0 Å². The lowest BCUT2D eigenvalue weighted by Crippen LogP contribution is -2.37. The molecular weight excluding hydrogens is 332 g/mol. The summed E-state index contributed by atoms with van der Waals surface area (Å²) in [6, 6.07) is 16.8. The van der Waals surface area contributed by atoms with Gasteiger partial charge in [0.2, 0.25) is 0 Å². The number of rotatable bonds is 8. The quantitative estimate of drug-likeness (QED) is 0.752. The predicted molar refractivity (Wildman–Crippen MR) is 104 cm³/mol. The molecule has 1 aliphatic rings. The average Bonchev–Trinajstić information content (AvgIpc) is 3.08. The highest BCUT2D eigenvalue weighted by atomic mass is 35.5. The maximum atomic E-state index is 6.02. The van der Waals surface area contributed by atoms with Crippen LogP contribution in [0.1, 0.15) is 30.9 Å². The molecule has 0 bridgehead atoms. The molecule has 2 aromatic carbocycles. The second kappa shape index (κ2) is 9.23. The van der Waals surface area contributed by atoms with Gasteiger partial charge in [-0.3, -0.25) is 4.90 Å². The molecule has 25 heavy (non-hydrogen) atoms. The summed E-state index contributed by atoms with van der Waals surface area (Å²) in [5.41, 5.74) is 2.33. The van der Waals surface area contributed by atoms with E-state index < -0.39 is 0 Å². The Labute approximate surface area is 155 Å². The Morgan fingerprint density at radius 3 is 2.84 bits per heavy atom. The van der Waals surface area contributed by atoms with Gasteiger partial charge in [0.05, 0.1) is 0 Å². The summed E-state index contributed by atoms with van der Waals surface area (Å²) in [6.45, 7) is 7.11. The Hall–Kier alpha value is -1.55. The molecule has 0 aliphatic carbocycles. The van der Waals surface area contributed by atoms with E-state index in [-0.39, 0.29) is 0 Å². The molecule has 2 aromatic rings. The van der Waals surface area contributed by atoms with Crippen LogP contribution in [-0.2, 0) is 13.2 Å². The minimum Gasteiger partial charge on any atom is -0.489 e. The van der Waals surface area contributed by atoms with Crippen LogP contribution in [0.5, 0.6) is 5.75 Å². The van der Waals surface area contributed by atoms with Crippen molar-refractivity contribution in [1.29, 1.82) is 0 Å². The largest absolute Gasteiger partial charge is 0.489 e. The predicted octanol–water partition coefficient (Wildman–Crippen LogP) is 4.49. The number of hydrogen-bond donors (Lipinski definition) is 1. The number of nitrogens with one attached hydrogen (secondary N) is 1. The molecule has 4 heteroatoms. The highest BCUT2D eigenvalue weighted by Crippen LogP contribution is 2.18. The summed E-state index contributed by atoms with van der Waals surface area (Å²) in [7, 11) is 0. The molecule has 0 spiro atoms. The number of likely N-dealkylation sites (N-methyl/N-ethyl adjacent to an activating group) is 1. The van der Waals surface area contributed by atoms with Crippen molar-refractivity contribution in [2.75, 3.05) is 19.6 Å². The maximum absolute atomic E-state index is 6.02. The fraction of sp³-hybridized carbons (Fsp3) is 0.429. The highest BCUT2D eigenvalue weighted by Gasteiger charge is 2.21. The first-order valence-corrected chi connectivity index (χ1v) is 9.53. The van der Waals surface area contributed by atoms with E-state index in [9.17, 15) is 0 Å². The summed E-state index contributed by atoms with van der Waals surface area (Å²) in [4.78, 5) is 2.57. The number of nitrogens with zero attached hydrogens (tertiary/aromatic N) is 1. The first-order valence-electron chi connectivity index (χ1n) is 9.15. The monoisotopic (exact) mass is 358 g/mol. The zero-order valence-corrected chi connectivity index (χ0v) is 15.6. The van der Waals surface area contributed by atoms with Gasteiger partial charge in [0, 0.05) is 24.2 Å². The molecular formula is C21H27ClN2O. The number of hydrogen-bond acceptors (Lipinski definition) is 3. The zero-order chi connectivity index (χ0) is 17.5. The Morgan fingerprint density at radius 2 is 2.00 bits per heavy atom. The molecule has 0 radical (unpaired) electrons. The van der Waals surface area contributed by atoms with Crippen LogP contribution in [0.4, 0.5) is 0 Å². The maximum Gasteiger partial charge on any atom is 0.120 e. The van der Waals surface area contributed by atoms with E-state index in [1.165, 1.54) is 24.9 Å². The van der Waals surface area contributed by atoms with Crippen molar-refractivity contribution in [3.63, 3.8) is 0 Å². The number of likely N-dealkylation sites (tertiary alicyclic amines) is 1. The third-order valence-electron chi connectivity index (χ3n) is 4.81. The first-order chi connectivity index (χ1) is 12.2. The van der Waals surface area contributed by atoms with Crippen LogP contribution in [0.25, 0.3) is 0 Å². The highest BCUT2D eigenvalue weighted by molar-refractivity contribution is 6.30. The molecule has 0 amide bonds. The Bertz CT molecular complexity index is 676. The molecule has 1 saturated heterocycles. The molecule has 1 atom stereocenters. The van der Waals surface area contributed by atoms with E-state index in [1.807, 2.05) is 30.3 Å². The van der Waals surface area contributed by atoms with Crippen molar-refractivity contribution in [1.82, 2.24) is 10.2 Å². The van der Waals surface area contributed by atoms with Crippen molar-refractivity contribution in [2.45, 2.75) is 39.0 Å². The van der Waals surface area contributed by atoms with Crippen LogP contribution < -0.4 is 10.1 Å². The van der Waals surface area contributed by atoms with Gasteiger partial charge in [-0.1, -0.05) is 42.8 Å². The number of ether oxygens (including phenoxy) is 1. The fourth-order valence-electron chi connectivity index (χ4n) is 3.46. The molecule has 0 saturated carbocycles. The summed E-state index contributed by atoms with van der Waals surface area (Å²) >= 11 is 6.02. The van der Waals surface area contributed by atoms with Gasteiger partial charge in [-0.15, -0.1) is 0 Å². The minimum atomic E-state index is 0.533. The van der Waals surface area contributed by atoms with Crippen molar-refractivity contribution >= 4 is 11.6 Å². The van der Waals surface area contributed by atoms with Crippen molar-refractivity contribution < 1.29 is 4.74 Å². The zero-order valence-electron chi connectivity index (χ0n) is 14.9. The normalized spacial score (nSPS) is 17.8. The van der Waals surface area contributed by atoms with Crippen LogP contribution in [-0.4, -0.2) is 30.6 Å². The van der Waals surface area contributed by atoms with Gasteiger partial charge in [0.25, 0.3) is 0 Å². The van der Waals surface area contributed by atoms with Crippen LogP contribution in [0, 0.1) is 0 Å². The lowest BCUT2D eigenvalue weighted by Gasteiger charge is -2.23. The second-order valence-electron chi connectivity index (χ2n) is 6.62. The smallest absolute Gasteiger partial charge is 0.120 e.